The zero-order valence-electron chi connectivity index (χ0n) is 16.4. The maximum absolute atomic E-state index is 12.3. The number of carbonyl (C=O) groups excluding carboxylic acids is 2. The van der Waals surface area contributed by atoms with Crippen molar-refractivity contribution in [3.8, 4) is 23.0 Å². The van der Waals surface area contributed by atoms with Gasteiger partial charge in [0.1, 0.15) is 11.5 Å². The number of likely N-dealkylation sites (N-methyl/N-ethyl adjacent to an activating group) is 2. The second-order valence-electron chi connectivity index (χ2n) is 5.59. The standard InChI is InChI=1S/C18H24N4O5S/c1-5-19-15(23)10-22(6-2)16(24)11-28-18-21-20-17(27-18)13-8-7-12(25-3)9-14(13)26-4/h7-9H,5-6,10-11H2,1-4H3,(H,19,23). The fourth-order valence-electron chi connectivity index (χ4n) is 2.37. The number of aromatic nitrogens is 2. The molecule has 1 aromatic heterocycles. The Balaban J connectivity index is 2.01. The van der Waals surface area contributed by atoms with Gasteiger partial charge in [0.15, 0.2) is 0 Å². The first-order chi connectivity index (χ1) is 13.5. The molecule has 2 amide bonds. The SMILES string of the molecule is CCNC(=O)CN(CC)C(=O)CSc1nnc(-c2ccc(OC)cc2OC)o1. The van der Waals surface area contributed by atoms with Crippen LogP contribution >= 0.6 is 11.8 Å². The fourth-order valence-corrected chi connectivity index (χ4v) is 3.04. The van der Waals surface area contributed by atoms with Gasteiger partial charge in [-0.1, -0.05) is 11.8 Å². The summed E-state index contributed by atoms with van der Waals surface area (Å²) < 4.78 is 16.2. The van der Waals surface area contributed by atoms with Crippen LogP contribution in [-0.4, -0.2) is 66.5 Å². The number of amides is 2. The monoisotopic (exact) mass is 408 g/mol. The number of ether oxygens (including phenoxy) is 2. The van der Waals surface area contributed by atoms with E-state index in [-0.39, 0.29) is 35.2 Å². The molecular weight excluding hydrogens is 384 g/mol. The Morgan fingerprint density at radius 3 is 2.64 bits per heavy atom. The summed E-state index contributed by atoms with van der Waals surface area (Å²) in [5.41, 5.74) is 0.625. The van der Waals surface area contributed by atoms with Crippen LogP contribution in [0.15, 0.2) is 27.8 Å². The first kappa shape index (κ1) is 21.5. The second-order valence-corrected chi connectivity index (χ2v) is 6.52. The first-order valence-corrected chi connectivity index (χ1v) is 9.74. The largest absolute Gasteiger partial charge is 0.497 e. The van der Waals surface area contributed by atoms with E-state index in [4.69, 9.17) is 13.9 Å². The molecule has 0 aliphatic carbocycles. The van der Waals surface area contributed by atoms with Crippen molar-refractivity contribution >= 4 is 23.6 Å². The summed E-state index contributed by atoms with van der Waals surface area (Å²) in [5, 5.41) is 10.9. The molecule has 10 heteroatoms. The van der Waals surface area contributed by atoms with Crippen LogP contribution in [0.5, 0.6) is 11.5 Å². The maximum Gasteiger partial charge on any atom is 0.277 e. The molecule has 0 aliphatic heterocycles. The molecule has 0 aliphatic rings. The van der Waals surface area contributed by atoms with Gasteiger partial charge in [0.05, 0.1) is 32.1 Å². The number of nitrogens with zero attached hydrogens (tertiary/aromatic N) is 3. The summed E-state index contributed by atoms with van der Waals surface area (Å²) in [6, 6.07) is 5.24. The van der Waals surface area contributed by atoms with E-state index in [0.29, 0.717) is 30.2 Å². The minimum Gasteiger partial charge on any atom is -0.497 e. The summed E-state index contributed by atoms with van der Waals surface area (Å²) in [6.07, 6.45) is 0. The van der Waals surface area contributed by atoms with Gasteiger partial charge in [-0.3, -0.25) is 9.59 Å². The lowest BCUT2D eigenvalue weighted by atomic mass is 10.2. The molecule has 1 N–H and O–H groups in total. The minimum absolute atomic E-state index is 0.0296. The predicted molar refractivity (Wildman–Crippen MR) is 104 cm³/mol. The molecule has 1 heterocycles. The van der Waals surface area contributed by atoms with Gasteiger partial charge in [-0.15, -0.1) is 10.2 Å². The highest BCUT2D eigenvalue weighted by molar-refractivity contribution is 7.99. The highest BCUT2D eigenvalue weighted by Gasteiger charge is 2.19. The Hall–Kier alpha value is -2.75. The van der Waals surface area contributed by atoms with E-state index in [0.717, 1.165) is 11.8 Å². The number of rotatable bonds is 10. The highest BCUT2D eigenvalue weighted by Crippen LogP contribution is 2.33. The lowest BCUT2D eigenvalue weighted by molar-refractivity contribution is -0.133. The van der Waals surface area contributed by atoms with Crippen LogP contribution in [0.3, 0.4) is 0 Å². The van der Waals surface area contributed by atoms with Gasteiger partial charge in [0.2, 0.25) is 11.8 Å². The van der Waals surface area contributed by atoms with Crippen molar-refractivity contribution < 1.29 is 23.5 Å². The zero-order chi connectivity index (χ0) is 20.5. The first-order valence-electron chi connectivity index (χ1n) is 8.75. The molecule has 152 valence electrons. The van der Waals surface area contributed by atoms with Gasteiger partial charge < -0.3 is 24.1 Å². The van der Waals surface area contributed by atoms with Crippen molar-refractivity contribution in [3.63, 3.8) is 0 Å². The predicted octanol–water partition coefficient (Wildman–Crippen LogP) is 1.83. The third kappa shape index (κ3) is 5.62. The van der Waals surface area contributed by atoms with Crippen LogP contribution < -0.4 is 14.8 Å². The normalized spacial score (nSPS) is 10.4. The summed E-state index contributed by atoms with van der Waals surface area (Å²) in [5.74, 6) is 1.19. The van der Waals surface area contributed by atoms with Crippen molar-refractivity contribution in [2.45, 2.75) is 19.1 Å². The Bertz CT molecular complexity index is 811. The topological polar surface area (TPSA) is 107 Å². The molecular formula is C18H24N4O5S. The van der Waals surface area contributed by atoms with E-state index < -0.39 is 0 Å². The molecule has 0 bridgehead atoms. The second kappa shape index (κ2) is 10.5. The smallest absolute Gasteiger partial charge is 0.277 e. The molecule has 9 nitrogen and oxygen atoms in total. The van der Waals surface area contributed by atoms with Crippen LogP contribution in [0.4, 0.5) is 0 Å². The minimum atomic E-state index is -0.186. The zero-order valence-corrected chi connectivity index (χ0v) is 17.2. The van der Waals surface area contributed by atoms with Crippen molar-refractivity contribution in [1.82, 2.24) is 20.4 Å². The molecule has 0 saturated heterocycles. The Morgan fingerprint density at radius 2 is 2.00 bits per heavy atom. The van der Waals surface area contributed by atoms with Crippen LogP contribution in [0, 0.1) is 0 Å². The van der Waals surface area contributed by atoms with E-state index in [2.05, 4.69) is 15.5 Å². The van der Waals surface area contributed by atoms with Crippen LogP contribution in [-0.2, 0) is 9.59 Å². The summed E-state index contributed by atoms with van der Waals surface area (Å²) in [7, 11) is 3.11. The van der Waals surface area contributed by atoms with E-state index in [1.54, 1.807) is 25.3 Å². The van der Waals surface area contributed by atoms with Crippen molar-refractivity contribution in [2.24, 2.45) is 0 Å². The van der Waals surface area contributed by atoms with Crippen molar-refractivity contribution in [3.05, 3.63) is 18.2 Å². The molecule has 0 spiro atoms. The third-order valence-electron chi connectivity index (χ3n) is 3.81. The fraction of sp³-hybridized carbons (Fsp3) is 0.444. The summed E-state index contributed by atoms with van der Waals surface area (Å²) in [4.78, 5) is 25.5. The number of benzene rings is 1. The molecule has 2 rings (SSSR count). The average Bonchev–Trinajstić information content (AvgIpc) is 3.18. The average molecular weight is 408 g/mol. The lowest BCUT2D eigenvalue weighted by Crippen LogP contribution is -2.41. The molecule has 28 heavy (non-hydrogen) atoms. The van der Waals surface area contributed by atoms with E-state index in [1.165, 1.54) is 12.0 Å². The molecule has 0 saturated carbocycles. The van der Waals surface area contributed by atoms with Gasteiger partial charge >= 0.3 is 0 Å². The van der Waals surface area contributed by atoms with E-state index >= 15 is 0 Å². The quantitative estimate of drug-likeness (QED) is 0.594. The van der Waals surface area contributed by atoms with Gasteiger partial charge in [-0.2, -0.15) is 0 Å². The number of methoxy groups -OCH3 is 2. The third-order valence-corrected chi connectivity index (χ3v) is 4.61. The van der Waals surface area contributed by atoms with Crippen LogP contribution in [0.1, 0.15) is 13.8 Å². The van der Waals surface area contributed by atoms with Crippen molar-refractivity contribution in [1.29, 1.82) is 0 Å². The van der Waals surface area contributed by atoms with Crippen molar-refractivity contribution in [2.75, 3.05) is 39.6 Å². The van der Waals surface area contributed by atoms with Crippen LogP contribution in [0.2, 0.25) is 0 Å². The molecule has 0 unspecified atom stereocenters. The number of hydrogen-bond acceptors (Lipinski definition) is 8. The Kier molecular flexibility index (Phi) is 8.12. The maximum atomic E-state index is 12.3. The summed E-state index contributed by atoms with van der Waals surface area (Å²) in [6.45, 7) is 4.65. The van der Waals surface area contributed by atoms with Gasteiger partial charge in [-0.05, 0) is 26.0 Å². The lowest BCUT2D eigenvalue weighted by Gasteiger charge is -2.19. The Labute approximate surface area is 167 Å². The molecule has 0 radical (unpaired) electrons. The Morgan fingerprint density at radius 1 is 1.21 bits per heavy atom. The van der Waals surface area contributed by atoms with Gasteiger partial charge in [0.25, 0.3) is 11.1 Å². The van der Waals surface area contributed by atoms with E-state index in [1.807, 2.05) is 13.8 Å². The number of hydrogen-bond donors (Lipinski definition) is 1. The van der Waals surface area contributed by atoms with Gasteiger partial charge in [0, 0.05) is 19.2 Å². The highest BCUT2D eigenvalue weighted by atomic mass is 32.2. The molecule has 0 atom stereocenters. The van der Waals surface area contributed by atoms with Crippen LogP contribution in [0.25, 0.3) is 11.5 Å². The molecule has 1 aromatic carbocycles. The van der Waals surface area contributed by atoms with E-state index in [9.17, 15) is 9.59 Å². The molecule has 0 fully saturated rings. The summed E-state index contributed by atoms with van der Waals surface area (Å²) >= 11 is 1.12. The van der Waals surface area contributed by atoms with Gasteiger partial charge in [-0.25, -0.2) is 0 Å². The number of nitrogens with one attached hydrogen (secondary N) is 1. The molecule has 2 aromatic rings. The number of carbonyl (C=O) groups is 2. The number of thioether (sulfide) groups is 1.